The Balaban J connectivity index is 1.56. The van der Waals surface area contributed by atoms with Gasteiger partial charge >= 0.3 is 0 Å². The molecule has 1 aromatic heterocycles. The average Bonchev–Trinajstić information content (AvgIpc) is 3.12. The molecule has 2 aliphatic rings. The second-order valence-electron chi connectivity index (χ2n) is 7.03. The Labute approximate surface area is 153 Å². The van der Waals surface area contributed by atoms with Gasteiger partial charge in [0.15, 0.2) is 9.84 Å². The zero-order valence-corrected chi connectivity index (χ0v) is 15.4. The molecular formula is C19H21N3O3S. The standard InChI is InChI=1S/C19H21N3O3S/c1-13-10-14-4-2-3-5-18(14)22(13)19(23)17-11-15(6-8-20-17)21-16-7-9-26(24,25)12-16/h2-6,8,11,13,16H,7,9-10,12H2,1H3,(H,20,21). The van der Waals surface area contributed by atoms with Crippen LogP contribution in [0.15, 0.2) is 42.6 Å². The molecule has 0 aliphatic carbocycles. The summed E-state index contributed by atoms with van der Waals surface area (Å²) in [4.78, 5) is 19.1. The van der Waals surface area contributed by atoms with Gasteiger partial charge < -0.3 is 10.2 Å². The van der Waals surface area contributed by atoms with Gasteiger partial charge in [0.2, 0.25) is 0 Å². The predicted molar refractivity (Wildman–Crippen MR) is 101 cm³/mol. The second kappa shape index (κ2) is 6.39. The fraction of sp³-hybridized carbons (Fsp3) is 0.368. The first-order chi connectivity index (χ1) is 12.4. The third kappa shape index (κ3) is 3.19. The van der Waals surface area contributed by atoms with Crippen molar-refractivity contribution >= 4 is 27.1 Å². The molecule has 1 fully saturated rings. The topological polar surface area (TPSA) is 79.4 Å². The Morgan fingerprint density at radius 3 is 2.85 bits per heavy atom. The lowest BCUT2D eigenvalue weighted by molar-refractivity contribution is 0.0976. The molecule has 7 heteroatoms. The van der Waals surface area contributed by atoms with Crippen molar-refractivity contribution in [2.75, 3.05) is 21.7 Å². The van der Waals surface area contributed by atoms with Crippen LogP contribution < -0.4 is 10.2 Å². The summed E-state index contributed by atoms with van der Waals surface area (Å²) < 4.78 is 23.2. The molecule has 0 bridgehead atoms. The Kier molecular flexibility index (Phi) is 4.19. The van der Waals surface area contributed by atoms with Gasteiger partial charge in [0.1, 0.15) is 5.69 Å². The molecule has 2 aliphatic heterocycles. The molecule has 1 N–H and O–H groups in total. The minimum absolute atomic E-state index is 0.0818. The van der Waals surface area contributed by atoms with Gasteiger partial charge in [-0.3, -0.25) is 9.78 Å². The molecule has 2 aromatic rings. The quantitative estimate of drug-likeness (QED) is 0.895. The summed E-state index contributed by atoms with van der Waals surface area (Å²) in [5.41, 5.74) is 3.19. The highest BCUT2D eigenvalue weighted by molar-refractivity contribution is 7.91. The molecule has 1 amide bonds. The molecule has 0 spiro atoms. The van der Waals surface area contributed by atoms with Crippen molar-refractivity contribution in [3.63, 3.8) is 0 Å². The van der Waals surface area contributed by atoms with E-state index in [4.69, 9.17) is 0 Å². The smallest absolute Gasteiger partial charge is 0.277 e. The zero-order chi connectivity index (χ0) is 18.3. The van der Waals surface area contributed by atoms with E-state index in [9.17, 15) is 13.2 Å². The molecule has 1 saturated heterocycles. The van der Waals surface area contributed by atoms with Crippen molar-refractivity contribution in [2.24, 2.45) is 0 Å². The van der Waals surface area contributed by atoms with Crippen LogP contribution in [0.25, 0.3) is 0 Å². The lowest BCUT2D eigenvalue weighted by Gasteiger charge is -2.22. The summed E-state index contributed by atoms with van der Waals surface area (Å²) in [6, 6.07) is 11.4. The number of sulfone groups is 1. The number of carbonyl (C=O) groups is 1. The van der Waals surface area contributed by atoms with Gasteiger partial charge in [0.05, 0.1) is 11.5 Å². The highest BCUT2D eigenvalue weighted by Crippen LogP contribution is 2.33. The van der Waals surface area contributed by atoms with Crippen LogP contribution >= 0.6 is 0 Å². The number of hydrogen-bond donors (Lipinski definition) is 1. The van der Waals surface area contributed by atoms with E-state index in [-0.39, 0.29) is 29.5 Å². The van der Waals surface area contributed by atoms with Crippen LogP contribution in [0.2, 0.25) is 0 Å². The van der Waals surface area contributed by atoms with E-state index in [1.807, 2.05) is 31.2 Å². The van der Waals surface area contributed by atoms with E-state index >= 15 is 0 Å². The van der Waals surface area contributed by atoms with Crippen molar-refractivity contribution < 1.29 is 13.2 Å². The monoisotopic (exact) mass is 371 g/mol. The minimum atomic E-state index is -2.95. The molecule has 6 nitrogen and oxygen atoms in total. The Hall–Kier alpha value is -2.41. The van der Waals surface area contributed by atoms with Crippen LogP contribution in [0.1, 0.15) is 29.4 Å². The van der Waals surface area contributed by atoms with Crippen LogP contribution in [-0.4, -0.2) is 42.9 Å². The number of pyridine rings is 1. The van der Waals surface area contributed by atoms with Crippen molar-refractivity contribution in [1.29, 1.82) is 0 Å². The number of benzene rings is 1. The van der Waals surface area contributed by atoms with Gasteiger partial charge in [-0.25, -0.2) is 8.42 Å². The van der Waals surface area contributed by atoms with E-state index in [1.165, 1.54) is 5.56 Å². The van der Waals surface area contributed by atoms with Crippen molar-refractivity contribution in [2.45, 2.75) is 31.8 Å². The summed E-state index contributed by atoms with van der Waals surface area (Å²) >= 11 is 0. The molecular weight excluding hydrogens is 350 g/mol. The van der Waals surface area contributed by atoms with Gasteiger partial charge in [-0.15, -0.1) is 0 Å². The molecule has 136 valence electrons. The van der Waals surface area contributed by atoms with Crippen LogP contribution in [0.5, 0.6) is 0 Å². The number of rotatable bonds is 3. The van der Waals surface area contributed by atoms with Gasteiger partial charge in [-0.2, -0.15) is 0 Å². The number of anilines is 2. The van der Waals surface area contributed by atoms with Gasteiger partial charge in [0.25, 0.3) is 5.91 Å². The third-order valence-electron chi connectivity index (χ3n) is 5.01. The predicted octanol–water partition coefficient (Wildman–Crippen LogP) is 2.27. The number of aromatic nitrogens is 1. The first-order valence-corrected chi connectivity index (χ1v) is 10.6. The first kappa shape index (κ1) is 17.0. The first-order valence-electron chi connectivity index (χ1n) is 8.77. The normalized spacial score (nSPS) is 23.7. The van der Waals surface area contributed by atoms with Crippen LogP contribution in [0.4, 0.5) is 11.4 Å². The third-order valence-corrected chi connectivity index (χ3v) is 6.78. The lowest BCUT2D eigenvalue weighted by Crippen LogP contribution is -2.36. The Morgan fingerprint density at radius 2 is 2.08 bits per heavy atom. The highest BCUT2D eigenvalue weighted by Gasteiger charge is 2.32. The summed E-state index contributed by atoms with van der Waals surface area (Å²) in [5.74, 6) is 0.212. The number of para-hydroxylation sites is 1. The van der Waals surface area contributed by atoms with Crippen LogP contribution in [0, 0.1) is 0 Å². The second-order valence-corrected chi connectivity index (χ2v) is 9.26. The van der Waals surface area contributed by atoms with Gasteiger partial charge in [-0.05, 0) is 43.5 Å². The zero-order valence-electron chi connectivity index (χ0n) is 14.6. The Bertz CT molecular complexity index is 958. The summed E-state index contributed by atoms with van der Waals surface area (Å²) in [7, 11) is -2.95. The molecule has 4 rings (SSSR count). The minimum Gasteiger partial charge on any atom is -0.381 e. The van der Waals surface area contributed by atoms with Crippen molar-refractivity contribution in [3.05, 3.63) is 53.9 Å². The molecule has 26 heavy (non-hydrogen) atoms. The number of nitrogens with zero attached hydrogens (tertiary/aromatic N) is 2. The summed E-state index contributed by atoms with van der Waals surface area (Å²) in [6.07, 6.45) is 3.01. The lowest BCUT2D eigenvalue weighted by atomic mass is 10.1. The largest absolute Gasteiger partial charge is 0.381 e. The van der Waals surface area contributed by atoms with E-state index in [1.54, 1.807) is 23.2 Å². The maximum Gasteiger partial charge on any atom is 0.277 e. The molecule has 0 saturated carbocycles. The van der Waals surface area contributed by atoms with Crippen LogP contribution in [-0.2, 0) is 16.3 Å². The van der Waals surface area contributed by atoms with E-state index < -0.39 is 9.84 Å². The number of amides is 1. The van der Waals surface area contributed by atoms with E-state index in [0.29, 0.717) is 12.1 Å². The average molecular weight is 371 g/mol. The SMILES string of the molecule is CC1Cc2ccccc2N1C(=O)c1cc(NC2CCS(=O)(=O)C2)ccn1. The fourth-order valence-corrected chi connectivity index (χ4v) is 5.45. The van der Waals surface area contributed by atoms with Crippen LogP contribution in [0.3, 0.4) is 0 Å². The molecule has 3 heterocycles. The number of carbonyl (C=O) groups excluding carboxylic acids is 1. The maximum atomic E-state index is 13.1. The van der Waals surface area contributed by atoms with Gasteiger partial charge in [0, 0.05) is 29.7 Å². The molecule has 2 atom stereocenters. The van der Waals surface area contributed by atoms with E-state index in [0.717, 1.165) is 17.8 Å². The van der Waals surface area contributed by atoms with Crippen molar-refractivity contribution in [3.8, 4) is 0 Å². The number of hydrogen-bond acceptors (Lipinski definition) is 5. The van der Waals surface area contributed by atoms with Gasteiger partial charge in [-0.1, -0.05) is 18.2 Å². The summed E-state index contributed by atoms with van der Waals surface area (Å²) in [5, 5.41) is 3.22. The molecule has 2 unspecified atom stereocenters. The molecule has 0 radical (unpaired) electrons. The molecule has 1 aromatic carbocycles. The van der Waals surface area contributed by atoms with E-state index in [2.05, 4.69) is 10.3 Å². The fourth-order valence-electron chi connectivity index (χ4n) is 3.78. The maximum absolute atomic E-state index is 13.1. The number of nitrogens with one attached hydrogen (secondary N) is 1. The Morgan fingerprint density at radius 1 is 1.27 bits per heavy atom. The number of fused-ring (bicyclic) bond motifs is 1. The summed E-state index contributed by atoms with van der Waals surface area (Å²) in [6.45, 7) is 2.03. The highest BCUT2D eigenvalue weighted by atomic mass is 32.2. The van der Waals surface area contributed by atoms with Crippen molar-refractivity contribution in [1.82, 2.24) is 4.98 Å².